The van der Waals surface area contributed by atoms with Gasteiger partial charge in [0, 0.05) is 25.2 Å². The average molecular weight is 246 g/mol. The molecular weight excluding hydrogens is 224 g/mol. The van der Waals surface area contributed by atoms with Gasteiger partial charge in [-0.15, -0.1) is 0 Å². The number of hydrogen-bond acceptors (Lipinski definition) is 4. The quantitative estimate of drug-likeness (QED) is 0.719. The number of nitrogens with zero attached hydrogens (tertiary/aromatic N) is 1. The summed E-state index contributed by atoms with van der Waals surface area (Å²) in [6.45, 7) is 4.07. The Kier molecular flexibility index (Phi) is 3.56. The van der Waals surface area contributed by atoms with Crippen LogP contribution in [-0.2, 0) is 9.84 Å². The van der Waals surface area contributed by atoms with E-state index < -0.39 is 9.84 Å². The lowest BCUT2D eigenvalue weighted by Crippen LogP contribution is -2.53. The summed E-state index contributed by atoms with van der Waals surface area (Å²) in [7, 11) is -2.80. The third kappa shape index (κ3) is 2.96. The van der Waals surface area contributed by atoms with Crippen molar-refractivity contribution in [1.82, 2.24) is 4.90 Å². The van der Waals surface area contributed by atoms with Crippen molar-refractivity contribution in [3.8, 4) is 0 Å². The van der Waals surface area contributed by atoms with E-state index in [9.17, 15) is 8.42 Å². The fraction of sp³-hybridized carbons (Fsp3) is 1.00. The zero-order chi connectivity index (χ0) is 11.8. The SMILES string of the molecule is CC1CC(N)CN(C2CCCS(=O)(=O)C2)C1. The number of sulfone groups is 1. The first-order valence-corrected chi connectivity index (χ1v) is 7.98. The van der Waals surface area contributed by atoms with E-state index in [0.29, 0.717) is 17.4 Å². The molecule has 0 aliphatic carbocycles. The maximum absolute atomic E-state index is 11.6. The number of nitrogens with two attached hydrogens (primary N) is 1. The van der Waals surface area contributed by atoms with E-state index in [1.807, 2.05) is 0 Å². The summed E-state index contributed by atoms with van der Waals surface area (Å²) in [5.41, 5.74) is 6.00. The predicted octanol–water partition coefficient (Wildman–Crippen LogP) is 0.233. The minimum absolute atomic E-state index is 0.215. The molecule has 94 valence electrons. The number of rotatable bonds is 1. The molecule has 2 aliphatic rings. The van der Waals surface area contributed by atoms with Crippen molar-refractivity contribution in [2.45, 2.75) is 38.3 Å². The average Bonchev–Trinajstić information content (AvgIpc) is 2.14. The van der Waals surface area contributed by atoms with Gasteiger partial charge in [0.25, 0.3) is 0 Å². The highest BCUT2D eigenvalue weighted by atomic mass is 32.2. The van der Waals surface area contributed by atoms with E-state index in [1.54, 1.807) is 0 Å². The van der Waals surface area contributed by atoms with Gasteiger partial charge in [-0.1, -0.05) is 6.92 Å². The molecule has 2 heterocycles. The van der Waals surface area contributed by atoms with Crippen LogP contribution in [0.3, 0.4) is 0 Å². The Hall–Kier alpha value is -0.130. The Morgan fingerprint density at radius 1 is 1.31 bits per heavy atom. The molecule has 0 radical (unpaired) electrons. The van der Waals surface area contributed by atoms with Crippen LogP contribution in [-0.4, -0.2) is 50.0 Å². The molecule has 2 aliphatic heterocycles. The molecule has 0 aromatic rings. The molecule has 2 N–H and O–H groups in total. The molecule has 3 atom stereocenters. The van der Waals surface area contributed by atoms with Crippen molar-refractivity contribution < 1.29 is 8.42 Å². The van der Waals surface area contributed by atoms with E-state index in [-0.39, 0.29) is 12.1 Å². The highest BCUT2D eigenvalue weighted by Crippen LogP contribution is 2.23. The lowest BCUT2D eigenvalue weighted by atomic mass is 9.94. The molecule has 5 heteroatoms. The first-order valence-electron chi connectivity index (χ1n) is 6.16. The van der Waals surface area contributed by atoms with Crippen molar-refractivity contribution in [3.63, 3.8) is 0 Å². The molecule has 4 nitrogen and oxygen atoms in total. The number of hydrogen-bond donors (Lipinski definition) is 1. The Balaban J connectivity index is 2.01. The second kappa shape index (κ2) is 4.63. The highest BCUT2D eigenvalue weighted by Gasteiger charge is 2.33. The normalized spacial score (nSPS) is 40.8. The van der Waals surface area contributed by atoms with Crippen molar-refractivity contribution >= 4 is 9.84 Å². The first kappa shape index (κ1) is 12.3. The predicted molar refractivity (Wildman–Crippen MR) is 65.0 cm³/mol. The fourth-order valence-corrected chi connectivity index (χ4v) is 4.76. The summed E-state index contributed by atoms with van der Waals surface area (Å²) in [5.74, 6) is 1.30. The van der Waals surface area contributed by atoms with Crippen LogP contribution in [0.4, 0.5) is 0 Å². The van der Waals surface area contributed by atoms with E-state index in [4.69, 9.17) is 5.73 Å². The van der Waals surface area contributed by atoms with Crippen molar-refractivity contribution in [1.29, 1.82) is 0 Å². The van der Waals surface area contributed by atoms with Crippen LogP contribution in [0.25, 0.3) is 0 Å². The van der Waals surface area contributed by atoms with Crippen LogP contribution in [0.5, 0.6) is 0 Å². The molecule has 0 aromatic carbocycles. The van der Waals surface area contributed by atoms with Crippen molar-refractivity contribution in [3.05, 3.63) is 0 Å². The van der Waals surface area contributed by atoms with Crippen LogP contribution in [0.1, 0.15) is 26.2 Å². The molecule has 16 heavy (non-hydrogen) atoms. The lowest BCUT2D eigenvalue weighted by molar-refractivity contribution is 0.118. The standard InChI is InChI=1S/C11H22N2O2S/c1-9-5-10(12)7-13(6-9)11-3-2-4-16(14,15)8-11/h9-11H,2-8,12H2,1H3. The minimum atomic E-state index is -2.80. The van der Waals surface area contributed by atoms with Gasteiger partial charge in [-0.2, -0.15) is 0 Å². The summed E-state index contributed by atoms with van der Waals surface area (Å²) in [6.07, 6.45) is 2.89. The van der Waals surface area contributed by atoms with Gasteiger partial charge in [-0.05, 0) is 25.2 Å². The number of likely N-dealkylation sites (tertiary alicyclic amines) is 1. The van der Waals surface area contributed by atoms with E-state index in [0.717, 1.165) is 32.4 Å². The van der Waals surface area contributed by atoms with Crippen LogP contribution in [0, 0.1) is 5.92 Å². The molecule has 2 saturated heterocycles. The summed E-state index contributed by atoms with van der Waals surface area (Å²) in [5, 5.41) is 0. The molecule has 2 fully saturated rings. The topological polar surface area (TPSA) is 63.4 Å². The number of piperidine rings is 1. The molecule has 0 bridgehead atoms. The van der Waals surface area contributed by atoms with Crippen molar-refractivity contribution in [2.24, 2.45) is 11.7 Å². The smallest absolute Gasteiger partial charge is 0.151 e. The zero-order valence-electron chi connectivity index (χ0n) is 9.93. The molecule has 0 saturated carbocycles. The van der Waals surface area contributed by atoms with Crippen molar-refractivity contribution in [2.75, 3.05) is 24.6 Å². The molecule has 0 aromatic heterocycles. The molecule has 0 spiro atoms. The van der Waals surface area contributed by atoms with E-state index >= 15 is 0 Å². The lowest BCUT2D eigenvalue weighted by Gasteiger charge is -2.41. The summed E-state index contributed by atoms with van der Waals surface area (Å²) >= 11 is 0. The monoisotopic (exact) mass is 246 g/mol. The largest absolute Gasteiger partial charge is 0.327 e. The summed E-state index contributed by atoms with van der Waals surface area (Å²) in [6, 6.07) is 0.431. The third-order valence-electron chi connectivity index (χ3n) is 3.68. The van der Waals surface area contributed by atoms with Crippen LogP contribution in [0.15, 0.2) is 0 Å². The Bertz CT molecular complexity index is 332. The van der Waals surface area contributed by atoms with Gasteiger partial charge in [-0.25, -0.2) is 8.42 Å². The van der Waals surface area contributed by atoms with Gasteiger partial charge in [-0.3, -0.25) is 4.90 Å². The van der Waals surface area contributed by atoms with Gasteiger partial charge in [0.15, 0.2) is 9.84 Å². The molecular formula is C11H22N2O2S. The molecule has 3 unspecified atom stereocenters. The third-order valence-corrected chi connectivity index (χ3v) is 5.48. The fourth-order valence-electron chi connectivity index (χ4n) is 3.03. The summed E-state index contributed by atoms with van der Waals surface area (Å²) in [4.78, 5) is 2.30. The molecule has 0 amide bonds. The maximum atomic E-state index is 11.6. The molecule has 2 rings (SSSR count). The Morgan fingerprint density at radius 3 is 2.69 bits per heavy atom. The van der Waals surface area contributed by atoms with Gasteiger partial charge in [0.2, 0.25) is 0 Å². The van der Waals surface area contributed by atoms with Gasteiger partial charge in [0.05, 0.1) is 11.5 Å². The van der Waals surface area contributed by atoms with E-state index in [2.05, 4.69) is 11.8 Å². The Labute approximate surface area is 98.1 Å². The van der Waals surface area contributed by atoms with E-state index in [1.165, 1.54) is 0 Å². The maximum Gasteiger partial charge on any atom is 0.151 e. The van der Waals surface area contributed by atoms with Crippen LogP contribution < -0.4 is 5.73 Å². The van der Waals surface area contributed by atoms with Gasteiger partial charge < -0.3 is 5.73 Å². The van der Waals surface area contributed by atoms with Gasteiger partial charge >= 0.3 is 0 Å². The summed E-state index contributed by atoms with van der Waals surface area (Å²) < 4.78 is 23.2. The van der Waals surface area contributed by atoms with Crippen LogP contribution >= 0.6 is 0 Å². The minimum Gasteiger partial charge on any atom is -0.327 e. The zero-order valence-corrected chi connectivity index (χ0v) is 10.7. The second-order valence-electron chi connectivity index (χ2n) is 5.47. The first-order chi connectivity index (χ1) is 7.46. The van der Waals surface area contributed by atoms with Gasteiger partial charge in [0.1, 0.15) is 0 Å². The second-order valence-corrected chi connectivity index (χ2v) is 7.69. The highest BCUT2D eigenvalue weighted by molar-refractivity contribution is 7.91. The van der Waals surface area contributed by atoms with Crippen LogP contribution in [0.2, 0.25) is 0 Å². The Morgan fingerprint density at radius 2 is 2.06 bits per heavy atom.